The van der Waals surface area contributed by atoms with Crippen LogP contribution in [0.2, 0.25) is 0 Å². The zero-order valence-corrected chi connectivity index (χ0v) is 19.0. The van der Waals surface area contributed by atoms with Crippen LogP contribution in [0, 0.1) is 0 Å². The van der Waals surface area contributed by atoms with Gasteiger partial charge in [0.25, 0.3) is 0 Å². The van der Waals surface area contributed by atoms with Gasteiger partial charge in [0.15, 0.2) is 0 Å². The Bertz CT molecular complexity index is 1010. The van der Waals surface area contributed by atoms with Crippen LogP contribution >= 0.6 is 0 Å². The molecular weight excluding hydrogens is 458 g/mol. The summed E-state index contributed by atoms with van der Waals surface area (Å²) in [6.45, 7) is 0.328. The average molecular weight is 485 g/mol. The van der Waals surface area contributed by atoms with E-state index in [1.165, 1.54) is 0 Å². The number of amides is 2. The summed E-state index contributed by atoms with van der Waals surface area (Å²) in [5.41, 5.74) is 8.60. The minimum absolute atomic E-state index is 0.0856. The number of aliphatic carboxylic acids is 1. The van der Waals surface area contributed by atoms with E-state index in [1.807, 2.05) is 54.1 Å². The summed E-state index contributed by atoms with van der Waals surface area (Å²) in [7, 11) is 0. The Morgan fingerprint density at radius 2 is 1.54 bits per heavy atom. The number of rotatable bonds is 12. The number of benzene rings is 2. The van der Waals surface area contributed by atoms with Gasteiger partial charge in [-0.3, -0.25) is 4.79 Å². The predicted octanol–water partition coefficient (Wildman–Crippen LogP) is 1.88. The van der Waals surface area contributed by atoms with Gasteiger partial charge in [0.1, 0.15) is 13.2 Å². The lowest BCUT2D eigenvalue weighted by Crippen LogP contribution is -2.40. The Morgan fingerprint density at radius 1 is 0.886 bits per heavy atom. The molecule has 3 rings (SSSR count). The average Bonchev–Trinajstić information content (AvgIpc) is 3.18. The van der Waals surface area contributed by atoms with Crippen LogP contribution in [0.1, 0.15) is 36.3 Å². The maximum Gasteiger partial charge on any atom is 0.424 e. The summed E-state index contributed by atoms with van der Waals surface area (Å²) in [6.07, 6.45) is 1.08. The van der Waals surface area contributed by atoms with Crippen LogP contribution in [0.25, 0.3) is 11.1 Å². The van der Waals surface area contributed by atoms with Crippen molar-refractivity contribution in [3.8, 4) is 11.1 Å². The molecule has 11 nitrogen and oxygen atoms in total. The fourth-order valence-electron chi connectivity index (χ4n) is 3.73. The third-order valence-corrected chi connectivity index (χ3v) is 5.33. The van der Waals surface area contributed by atoms with Crippen LogP contribution < -0.4 is 16.3 Å². The fraction of sp³-hybridized carbons (Fsp3) is 0.333. The first kappa shape index (κ1) is 25.7. The zero-order chi connectivity index (χ0) is 25.0. The number of hydrogen-bond donors (Lipinski definition) is 4. The molecule has 1 aliphatic rings. The highest BCUT2D eigenvalue weighted by atomic mass is 16.7. The van der Waals surface area contributed by atoms with E-state index in [-0.39, 0.29) is 32.3 Å². The largest absolute Gasteiger partial charge is 0.474 e. The second-order valence-electron chi connectivity index (χ2n) is 7.70. The number of carbonyl (C=O) groups is 4. The first-order valence-electron chi connectivity index (χ1n) is 11.1. The fourth-order valence-corrected chi connectivity index (χ4v) is 3.73. The normalized spacial score (nSPS) is 11.8. The summed E-state index contributed by atoms with van der Waals surface area (Å²) >= 11 is 0. The van der Waals surface area contributed by atoms with Crippen molar-refractivity contribution in [2.24, 2.45) is 0 Å². The van der Waals surface area contributed by atoms with Crippen LogP contribution in [-0.2, 0) is 28.7 Å². The molecule has 0 spiro atoms. The predicted molar refractivity (Wildman–Crippen MR) is 123 cm³/mol. The summed E-state index contributed by atoms with van der Waals surface area (Å²) in [5, 5.41) is 10.7. The van der Waals surface area contributed by atoms with Crippen molar-refractivity contribution in [2.75, 3.05) is 26.4 Å². The van der Waals surface area contributed by atoms with Crippen molar-refractivity contribution in [1.82, 2.24) is 16.3 Å². The summed E-state index contributed by atoms with van der Waals surface area (Å²) in [6, 6.07) is 15.9. The molecule has 1 aliphatic carbocycles. The first-order chi connectivity index (χ1) is 17.0. The highest BCUT2D eigenvalue weighted by Crippen LogP contribution is 2.44. The SMILES string of the molecule is O=C(COCCCCCNC(=O)C(=O)O)ONNC(=O)OCC1c2ccccc2-c2ccccc21. The van der Waals surface area contributed by atoms with Gasteiger partial charge < -0.3 is 24.7 Å². The topological polar surface area (TPSA) is 152 Å². The molecule has 0 radical (unpaired) electrons. The van der Waals surface area contributed by atoms with Crippen molar-refractivity contribution in [3.63, 3.8) is 0 Å². The van der Waals surface area contributed by atoms with Crippen molar-refractivity contribution in [2.45, 2.75) is 25.2 Å². The highest BCUT2D eigenvalue weighted by molar-refractivity contribution is 6.31. The Morgan fingerprint density at radius 3 is 2.20 bits per heavy atom. The quantitative estimate of drug-likeness (QED) is 0.201. The van der Waals surface area contributed by atoms with Gasteiger partial charge in [-0.1, -0.05) is 54.1 Å². The lowest BCUT2D eigenvalue weighted by molar-refractivity contribution is -0.158. The van der Waals surface area contributed by atoms with E-state index in [2.05, 4.69) is 15.6 Å². The van der Waals surface area contributed by atoms with Crippen LogP contribution in [-0.4, -0.2) is 55.4 Å². The van der Waals surface area contributed by atoms with Gasteiger partial charge in [-0.05, 0) is 41.5 Å². The molecule has 11 heteroatoms. The number of ether oxygens (including phenoxy) is 2. The number of carboxylic acids is 1. The molecule has 0 aromatic heterocycles. The monoisotopic (exact) mass is 485 g/mol. The van der Waals surface area contributed by atoms with Crippen molar-refractivity contribution < 1.29 is 38.6 Å². The van der Waals surface area contributed by atoms with Gasteiger partial charge >= 0.3 is 23.9 Å². The van der Waals surface area contributed by atoms with E-state index in [0.717, 1.165) is 22.3 Å². The number of hydrazine groups is 1. The van der Waals surface area contributed by atoms with Crippen LogP contribution in [0.3, 0.4) is 0 Å². The van der Waals surface area contributed by atoms with E-state index in [1.54, 1.807) is 0 Å². The van der Waals surface area contributed by atoms with E-state index in [4.69, 9.17) is 14.6 Å². The third-order valence-electron chi connectivity index (χ3n) is 5.33. The van der Waals surface area contributed by atoms with E-state index in [0.29, 0.717) is 19.3 Å². The Labute approximate surface area is 201 Å². The van der Waals surface area contributed by atoms with Crippen LogP contribution in [0.4, 0.5) is 4.79 Å². The molecule has 4 N–H and O–H groups in total. The maximum absolute atomic E-state index is 12.0. The molecule has 35 heavy (non-hydrogen) atoms. The second-order valence-corrected chi connectivity index (χ2v) is 7.70. The van der Waals surface area contributed by atoms with Gasteiger partial charge in [-0.2, -0.15) is 0 Å². The molecule has 0 fully saturated rings. The van der Waals surface area contributed by atoms with Gasteiger partial charge in [0.2, 0.25) is 0 Å². The lowest BCUT2D eigenvalue weighted by Gasteiger charge is -2.14. The number of carbonyl (C=O) groups excluding carboxylic acids is 3. The minimum atomic E-state index is -1.52. The van der Waals surface area contributed by atoms with E-state index >= 15 is 0 Å². The van der Waals surface area contributed by atoms with Gasteiger partial charge in [-0.25, -0.2) is 19.8 Å². The maximum atomic E-state index is 12.0. The van der Waals surface area contributed by atoms with Gasteiger partial charge in [0, 0.05) is 19.1 Å². The third kappa shape index (κ3) is 7.52. The number of nitrogens with one attached hydrogen (secondary N) is 3. The number of carboxylic acid groups (broad SMARTS) is 1. The standard InChI is InChI=1S/C24H27N3O8/c28-21(15-33-13-7-1-6-12-25-22(29)23(30)31)35-27-26-24(32)34-14-20-18-10-4-2-8-16(18)17-9-3-5-11-19(17)20/h2-5,8-11,20,27H,1,6-7,12-15H2,(H,25,29)(H,26,32)(H,30,31). The van der Waals surface area contributed by atoms with Crippen LogP contribution in [0.15, 0.2) is 48.5 Å². The highest BCUT2D eigenvalue weighted by Gasteiger charge is 2.29. The molecule has 2 amide bonds. The van der Waals surface area contributed by atoms with Gasteiger partial charge in [-0.15, -0.1) is 0 Å². The Hall–Kier alpha value is -3.96. The van der Waals surface area contributed by atoms with Crippen molar-refractivity contribution >= 4 is 23.9 Å². The first-order valence-corrected chi connectivity index (χ1v) is 11.1. The van der Waals surface area contributed by atoms with Gasteiger partial charge in [0.05, 0.1) is 0 Å². The Kier molecular flexibility index (Phi) is 9.58. The Balaban J connectivity index is 1.25. The number of unbranched alkanes of at least 4 members (excludes halogenated alkanes) is 2. The lowest BCUT2D eigenvalue weighted by atomic mass is 9.98. The molecule has 0 bridgehead atoms. The summed E-state index contributed by atoms with van der Waals surface area (Å²) in [4.78, 5) is 49.5. The molecule has 0 heterocycles. The molecule has 0 aliphatic heterocycles. The zero-order valence-electron chi connectivity index (χ0n) is 19.0. The minimum Gasteiger partial charge on any atom is -0.474 e. The molecule has 0 saturated carbocycles. The molecule has 2 aromatic carbocycles. The molecule has 2 aromatic rings. The number of fused-ring (bicyclic) bond motifs is 3. The van der Waals surface area contributed by atoms with Crippen LogP contribution in [0.5, 0.6) is 0 Å². The van der Waals surface area contributed by atoms with Crippen molar-refractivity contribution in [3.05, 3.63) is 59.7 Å². The number of hydrogen-bond acceptors (Lipinski definition) is 8. The second kappa shape index (κ2) is 13.1. The molecular formula is C24H27N3O8. The summed E-state index contributed by atoms with van der Waals surface area (Å²) < 4.78 is 10.5. The smallest absolute Gasteiger partial charge is 0.424 e. The van der Waals surface area contributed by atoms with Crippen molar-refractivity contribution in [1.29, 1.82) is 0 Å². The summed E-state index contributed by atoms with van der Waals surface area (Å²) in [5.74, 6) is -3.38. The van der Waals surface area contributed by atoms with E-state index in [9.17, 15) is 19.2 Å². The molecule has 0 unspecified atom stereocenters. The molecule has 0 atom stereocenters. The van der Waals surface area contributed by atoms with E-state index < -0.39 is 23.9 Å². The molecule has 186 valence electrons. The molecule has 0 saturated heterocycles.